The molecule has 0 bridgehead atoms. The minimum absolute atomic E-state index is 0. The summed E-state index contributed by atoms with van der Waals surface area (Å²) in [6.07, 6.45) is 6.08. The summed E-state index contributed by atoms with van der Waals surface area (Å²) in [4.78, 5) is 31.3. The molecule has 0 saturated carbocycles. The van der Waals surface area contributed by atoms with Gasteiger partial charge in [-0.05, 0) is 51.3 Å². The summed E-state index contributed by atoms with van der Waals surface area (Å²) < 4.78 is 0. The molecule has 3 heterocycles. The summed E-state index contributed by atoms with van der Waals surface area (Å²) in [5.41, 5.74) is 0.548. The van der Waals surface area contributed by atoms with Crippen LogP contribution in [0.5, 0.6) is 0 Å². The van der Waals surface area contributed by atoms with Crippen molar-refractivity contribution in [1.29, 1.82) is 0 Å². The van der Waals surface area contributed by atoms with Crippen LogP contribution in [0.25, 0.3) is 0 Å². The number of nitrogens with one attached hydrogen (secondary N) is 2. The maximum absolute atomic E-state index is 12.5. The van der Waals surface area contributed by atoms with Crippen LogP contribution in [0, 0.1) is 0 Å². The standard InChI is InChI=1S/C18H26N4O2S.2ClH/c1-13(18(24)22-10-2-3-11-22)25-17-15(7-5-9-20-17)16(23)21-12-14-6-4-8-19-14;;/h5,7,9,13-14,19H,2-4,6,8,10-12H2,1H3,(H,21,23);2*1H. The van der Waals surface area contributed by atoms with Gasteiger partial charge in [-0.15, -0.1) is 24.8 Å². The number of nitrogens with zero attached hydrogens (tertiary/aromatic N) is 2. The molecule has 2 saturated heterocycles. The third kappa shape index (κ3) is 6.52. The second-order valence-electron chi connectivity index (χ2n) is 6.65. The first-order chi connectivity index (χ1) is 12.1. The first-order valence-electron chi connectivity index (χ1n) is 9.07. The summed E-state index contributed by atoms with van der Waals surface area (Å²) in [7, 11) is 0. The maximum atomic E-state index is 12.5. The van der Waals surface area contributed by atoms with Crippen LogP contribution < -0.4 is 10.6 Å². The molecule has 2 unspecified atom stereocenters. The van der Waals surface area contributed by atoms with Gasteiger partial charge in [-0.1, -0.05) is 11.8 Å². The SMILES string of the molecule is CC(Sc1ncccc1C(=O)NCC1CCCN1)C(=O)N1CCCC1.Cl.Cl. The highest BCUT2D eigenvalue weighted by Gasteiger charge is 2.26. The highest BCUT2D eigenvalue weighted by Crippen LogP contribution is 2.27. The Bertz CT molecular complexity index is 623. The van der Waals surface area contributed by atoms with E-state index in [0.29, 0.717) is 23.2 Å². The molecule has 2 N–H and O–H groups in total. The first kappa shape index (κ1) is 24.0. The Morgan fingerprint density at radius 3 is 2.74 bits per heavy atom. The van der Waals surface area contributed by atoms with Gasteiger partial charge in [0.25, 0.3) is 5.91 Å². The zero-order valence-corrected chi connectivity index (χ0v) is 17.9. The van der Waals surface area contributed by atoms with Gasteiger partial charge in [0.05, 0.1) is 10.8 Å². The van der Waals surface area contributed by atoms with E-state index in [4.69, 9.17) is 0 Å². The van der Waals surface area contributed by atoms with Gasteiger partial charge in [-0.2, -0.15) is 0 Å². The van der Waals surface area contributed by atoms with Gasteiger partial charge < -0.3 is 15.5 Å². The van der Waals surface area contributed by atoms with Crippen LogP contribution >= 0.6 is 36.6 Å². The molecule has 27 heavy (non-hydrogen) atoms. The Morgan fingerprint density at radius 1 is 1.33 bits per heavy atom. The predicted octanol–water partition coefficient (Wildman–Crippen LogP) is 2.51. The molecule has 152 valence electrons. The van der Waals surface area contributed by atoms with Crippen molar-refractivity contribution in [3.05, 3.63) is 23.9 Å². The van der Waals surface area contributed by atoms with Crippen LogP contribution in [0.2, 0.25) is 0 Å². The lowest BCUT2D eigenvalue weighted by Gasteiger charge is -2.20. The summed E-state index contributed by atoms with van der Waals surface area (Å²) in [5, 5.41) is 6.74. The van der Waals surface area contributed by atoms with Crippen LogP contribution in [0.15, 0.2) is 23.4 Å². The molecule has 1 aromatic rings. The van der Waals surface area contributed by atoms with Gasteiger partial charge in [0.15, 0.2) is 0 Å². The molecule has 0 radical (unpaired) electrons. The van der Waals surface area contributed by atoms with E-state index >= 15 is 0 Å². The monoisotopic (exact) mass is 434 g/mol. The Balaban J connectivity index is 0.00000182. The molecule has 2 aliphatic heterocycles. The molecule has 0 aliphatic carbocycles. The fourth-order valence-electron chi connectivity index (χ4n) is 3.31. The summed E-state index contributed by atoms with van der Waals surface area (Å²) in [5.74, 6) is 0.0137. The normalized spacial score (nSPS) is 19.7. The van der Waals surface area contributed by atoms with Crippen LogP contribution in [-0.4, -0.2) is 59.2 Å². The number of rotatable bonds is 6. The Kier molecular flexibility index (Phi) is 10.4. The number of amides is 2. The minimum Gasteiger partial charge on any atom is -0.350 e. The maximum Gasteiger partial charge on any atom is 0.254 e. The highest BCUT2D eigenvalue weighted by molar-refractivity contribution is 8.00. The molecule has 2 atom stereocenters. The minimum atomic E-state index is -0.240. The molecule has 2 amide bonds. The summed E-state index contributed by atoms with van der Waals surface area (Å²) >= 11 is 1.37. The van der Waals surface area contributed by atoms with E-state index in [1.165, 1.54) is 11.8 Å². The molecule has 3 rings (SSSR count). The number of pyridine rings is 1. The molecule has 0 spiro atoms. The topological polar surface area (TPSA) is 74.3 Å². The zero-order valence-electron chi connectivity index (χ0n) is 15.5. The van der Waals surface area contributed by atoms with E-state index in [-0.39, 0.29) is 41.9 Å². The molecular formula is C18H28Cl2N4O2S. The van der Waals surface area contributed by atoms with Gasteiger partial charge in [-0.3, -0.25) is 9.59 Å². The molecule has 0 aromatic carbocycles. The van der Waals surface area contributed by atoms with Gasteiger partial charge in [0.2, 0.25) is 5.91 Å². The molecule has 2 aliphatic rings. The number of thioether (sulfide) groups is 1. The van der Waals surface area contributed by atoms with E-state index < -0.39 is 0 Å². The second kappa shape index (κ2) is 11.7. The predicted molar refractivity (Wildman–Crippen MR) is 113 cm³/mol. The van der Waals surface area contributed by atoms with Crippen molar-refractivity contribution in [3.8, 4) is 0 Å². The van der Waals surface area contributed by atoms with Crippen molar-refractivity contribution in [1.82, 2.24) is 20.5 Å². The number of carbonyl (C=O) groups is 2. The molecule has 6 nitrogen and oxygen atoms in total. The lowest BCUT2D eigenvalue weighted by Crippen LogP contribution is -2.37. The highest BCUT2D eigenvalue weighted by atomic mass is 35.5. The molecule has 9 heteroatoms. The molecular weight excluding hydrogens is 407 g/mol. The van der Waals surface area contributed by atoms with Gasteiger partial charge in [-0.25, -0.2) is 4.98 Å². The van der Waals surface area contributed by atoms with Crippen molar-refractivity contribution in [2.75, 3.05) is 26.2 Å². The number of carbonyl (C=O) groups excluding carboxylic acids is 2. The van der Waals surface area contributed by atoms with Crippen molar-refractivity contribution in [2.24, 2.45) is 0 Å². The van der Waals surface area contributed by atoms with Crippen LogP contribution in [0.1, 0.15) is 43.0 Å². The van der Waals surface area contributed by atoms with Gasteiger partial charge in [0, 0.05) is 31.9 Å². The van der Waals surface area contributed by atoms with E-state index in [1.54, 1.807) is 18.3 Å². The molecule has 1 aromatic heterocycles. The third-order valence-corrected chi connectivity index (χ3v) is 5.84. The lowest BCUT2D eigenvalue weighted by molar-refractivity contribution is -0.129. The smallest absolute Gasteiger partial charge is 0.254 e. The Labute approximate surface area is 177 Å². The van der Waals surface area contributed by atoms with Crippen LogP contribution in [0.4, 0.5) is 0 Å². The van der Waals surface area contributed by atoms with Crippen molar-refractivity contribution >= 4 is 48.4 Å². The number of likely N-dealkylation sites (tertiary alicyclic amines) is 1. The summed E-state index contributed by atoms with van der Waals surface area (Å²) in [6, 6.07) is 3.90. The summed E-state index contributed by atoms with van der Waals surface area (Å²) in [6.45, 7) is 5.22. The van der Waals surface area contributed by atoms with Gasteiger partial charge >= 0.3 is 0 Å². The van der Waals surface area contributed by atoms with Crippen LogP contribution in [0.3, 0.4) is 0 Å². The number of hydrogen-bond acceptors (Lipinski definition) is 5. The third-order valence-electron chi connectivity index (χ3n) is 4.74. The van der Waals surface area contributed by atoms with Crippen molar-refractivity contribution < 1.29 is 9.59 Å². The van der Waals surface area contributed by atoms with E-state index in [9.17, 15) is 9.59 Å². The van der Waals surface area contributed by atoms with E-state index in [0.717, 1.165) is 45.3 Å². The average Bonchev–Trinajstić information content (AvgIpc) is 3.33. The van der Waals surface area contributed by atoms with Crippen molar-refractivity contribution in [3.63, 3.8) is 0 Å². The molecule has 2 fully saturated rings. The average molecular weight is 435 g/mol. The first-order valence-corrected chi connectivity index (χ1v) is 9.95. The number of halogens is 2. The van der Waals surface area contributed by atoms with Crippen molar-refractivity contribution in [2.45, 2.75) is 48.9 Å². The fraction of sp³-hybridized carbons (Fsp3) is 0.611. The second-order valence-corrected chi connectivity index (χ2v) is 7.98. The van der Waals surface area contributed by atoms with Gasteiger partial charge in [0.1, 0.15) is 5.03 Å². The Hall–Kier alpha value is -1.02. The fourth-order valence-corrected chi connectivity index (χ4v) is 4.31. The largest absolute Gasteiger partial charge is 0.350 e. The number of aromatic nitrogens is 1. The van der Waals surface area contributed by atoms with E-state index in [1.807, 2.05) is 11.8 Å². The number of hydrogen-bond donors (Lipinski definition) is 2. The van der Waals surface area contributed by atoms with Crippen LogP contribution in [-0.2, 0) is 4.79 Å². The van der Waals surface area contributed by atoms with E-state index in [2.05, 4.69) is 15.6 Å². The Morgan fingerprint density at radius 2 is 2.07 bits per heavy atom. The quantitative estimate of drug-likeness (QED) is 0.672. The zero-order chi connectivity index (χ0) is 17.6. The lowest BCUT2D eigenvalue weighted by atomic mass is 10.2.